The van der Waals surface area contributed by atoms with Gasteiger partial charge in [0.1, 0.15) is 5.76 Å². The minimum Gasteiger partial charge on any atom is -0.248 e. The van der Waals surface area contributed by atoms with Crippen LogP contribution in [-0.2, 0) is 9.47 Å². The molecule has 2 heterocycles. The summed E-state index contributed by atoms with van der Waals surface area (Å²) in [5.41, 5.74) is 7.75. The molecule has 0 spiro atoms. The largest absolute Gasteiger partial charge is 0.248 e. The standard InChI is InChI=1S/C19H16ClNO.C15H9Cl2N.C7H8.C4H7O.3C4H9.Sn.H2/c1-3-22-13(2)17-12-18(14-7-5-4-6-8-14)21-19-11-15(20)9-10-16(17)19;16-11-6-7-12-13(17)9-14(18-15(12)8-11)10-4-2-1-3-5-10;1-7-5-3-2-4-6-7;1-3-5-4-2;3*1-3-4-2;;/h4-12H,2-3H2,1H3;1-9H;2-6H,1H3;1,4H2,2H3;3*1,3-4H2,2H3;;1H/i;;;;;;;;1+1. The molecule has 2 aromatic heterocycles. The fourth-order valence-corrected chi connectivity index (χ4v) is 22.8. The number of aromatic nitrogens is 2. The molecule has 0 unspecified atom stereocenters. The van der Waals surface area contributed by atoms with Crippen molar-refractivity contribution in [1.29, 1.82) is 0 Å². The van der Waals surface area contributed by atoms with Crippen molar-refractivity contribution >= 4 is 80.7 Å². The first kappa shape index (κ1) is 53.3. The van der Waals surface area contributed by atoms with Crippen LogP contribution in [0.1, 0.15) is 85.7 Å². The topological polar surface area (TPSA) is 44.2 Å². The predicted molar refractivity (Wildman–Crippen MR) is 289 cm³/mol. The molecule has 0 fully saturated rings. The van der Waals surface area contributed by atoms with Gasteiger partial charge < -0.3 is 4.74 Å². The van der Waals surface area contributed by atoms with E-state index in [-0.39, 0.29) is 1.43 Å². The van der Waals surface area contributed by atoms with E-state index in [1.807, 2.05) is 134 Å². The van der Waals surface area contributed by atoms with Crippen LogP contribution in [0.25, 0.3) is 50.1 Å². The molecule has 0 N–H and O–H groups in total. The molecular weight excluding hydrogens is 970 g/mol. The predicted octanol–water partition coefficient (Wildman–Crippen LogP) is 18.9. The number of hydrogen-bond acceptors (Lipinski definition) is 4. The van der Waals surface area contributed by atoms with E-state index in [1.165, 1.54) is 61.2 Å². The van der Waals surface area contributed by atoms with Gasteiger partial charge in [-0.1, -0.05) is 144 Å². The van der Waals surface area contributed by atoms with E-state index in [2.05, 4.69) is 64.9 Å². The quantitative estimate of drug-likeness (QED) is 0.0673. The Hall–Kier alpha value is -4.33. The summed E-state index contributed by atoms with van der Waals surface area (Å²) >= 11 is 16.1. The molecule has 0 amide bonds. The Bertz CT molecular complexity index is 2500. The number of hydrogen-bond donors (Lipinski definition) is 0. The van der Waals surface area contributed by atoms with E-state index in [0.717, 1.165) is 56.5 Å². The Balaban J connectivity index is 0.000000244. The van der Waals surface area contributed by atoms with E-state index in [1.54, 1.807) is 0 Å². The van der Waals surface area contributed by atoms with E-state index in [4.69, 9.17) is 49.3 Å². The van der Waals surface area contributed by atoms with Gasteiger partial charge in [-0.05, 0) is 56.3 Å². The molecule has 5 aromatic carbocycles. The van der Waals surface area contributed by atoms with Gasteiger partial charge in [-0.3, -0.25) is 0 Å². The maximum atomic E-state index is 6.28. The average molecular weight is 1040 g/mol. The maximum absolute atomic E-state index is 6.28. The Morgan fingerprint density at radius 3 is 1.40 bits per heavy atom. The van der Waals surface area contributed by atoms with Gasteiger partial charge in [-0.15, -0.1) is 0 Å². The fraction of sp³-hybridized carbons (Fsp3) is 0.298. The monoisotopic (exact) mass is 1040 g/mol. The second-order valence-electron chi connectivity index (χ2n) is 16.1. The number of halogens is 3. The molecular formula is C57H69Cl3N2O2Sn. The van der Waals surface area contributed by atoms with Crippen molar-refractivity contribution in [2.45, 2.75) is 93.4 Å². The molecule has 0 saturated heterocycles. The van der Waals surface area contributed by atoms with Crippen LogP contribution in [0.15, 0.2) is 156 Å². The SMILES string of the molecule is C=C(OCC)c1cc(-c2ccccc2)nc2cc(Cl)ccc12.C=[C](OCC)[Sn]([CH2]CCC)([CH2]CCC)[CH2]CCC.Cc1ccccc1.Clc1ccc2c(Cl)cc(-c3ccccc3)nc2c1.[2HH]. The molecule has 0 bridgehead atoms. The molecule has 4 nitrogen and oxygen atoms in total. The second kappa shape index (κ2) is 28.6. The zero-order valence-electron chi connectivity index (χ0n) is 39.3. The summed E-state index contributed by atoms with van der Waals surface area (Å²) < 4.78 is 17.2. The average Bonchev–Trinajstić information content (AvgIpc) is 3.32. The molecule has 0 aliphatic heterocycles. The third-order valence-corrected chi connectivity index (χ3v) is 26.9. The first-order valence-electron chi connectivity index (χ1n) is 23.1. The smallest absolute Gasteiger partial charge is 0.0739 e. The van der Waals surface area contributed by atoms with Crippen molar-refractivity contribution in [2.24, 2.45) is 0 Å². The van der Waals surface area contributed by atoms with E-state index in [0.29, 0.717) is 27.4 Å². The summed E-state index contributed by atoms with van der Waals surface area (Å²) in [5.74, 6) is 0.648. The van der Waals surface area contributed by atoms with Crippen LogP contribution >= 0.6 is 34.8 Å². The molecule has 0 aliphatic carbocycles. The van der Waals surface area contributed by atoms with Gasteiger partial charge in [0.25, 0.3) is 0 Å². The number of rotatable bonds is 17. The Morgan fingerprint density at radius 2 is 0.969 bits per heavy atom. The molecule has 0 aliphatic rings. The zero-order valence-corrected chi connectivity index (χ0v) is 44.4. The first-order valence-corrected chi connectivity index (χ1v) is 31.7. The number of nitrogens with zero attached hydrogens (tertiary/aromatic N) is 2. The van der Waals surface area contributed by atoms with Gasteiger partial charge >= 0.3 is 120 Å². The van der Waals surface area contributed by atoms with Gasteiger partial charge in [-0.25, -0.2) is 9.97 Å². The minimum atomic E-state index is -2.24. The van der Waals surface area contributed by atoms with Crippen molar-refractivity contribution in [2.75, 3.05) is 13.2 Å². The van der Waals surface area contributed by atoms with Crippen molar-refractivity contribution in [3.63, 3.8) is 0 Å². The molecule has 7 rings (SSSR count). The van der Waals surface area contributed by atoms with Crippen LogP contribution < -0.4 is 0 Å². The summed E-state index contributed by atoms with van der Waals surface area (Å²) in [6, 6.07) is 45.4. The normalized spacial score (nSPS) is 10.7. The van der Waals surface area contributed by atoms with Crippen molar-refractivity contribution in [1.82, 2.24) is 9.97 Å². The maximum Gasteiger partial charge on any atom is 0.0739 e. The van der Waals surface area contributed by atoms with Crippen LogP contribution in [0.5, 0.6) is 0 Å². The van der Waals surface area contributed by atoms with Crippen molar-refractivity contribution < 1.29 is 10.9 Å². The summed E-state index contributed by atoms with van der Waals surface area (Å²) in [7, 11) is 0. The Labute approximate surface area is 410 Å². The molecule has 0 atom stereocenters. The summed E-state index contributed by atoms with van der Waals surface area (Å²) in [6.45, 7) is 22.8. The van der Waals surface area contributed by atoms with Gasteiger partial charge in [0.05, 0.1) is 34.1 Å². The third kappa shape index (κ3) is 16.8. The number of unbranched alkanes of at least 4 members (excludes halogenated alkanes) is 3. The molecule has 65 heavy (non-hydrogen) atoms. The molecule has 7 aromatic rings. The van der Waals surface area contributed by atoms with Gasteiger partial charge in [0, 0.05) is 38.9 Å². The van der Waals surface area contributed by atoms with Gasteiger partial charge in [0.15, 0.2) is 0 Å². The molecule has 8 heteroatoms. The van der Waals surface area contributed by atoms with Crippen molar-refractivity contribution in [3.8, 4) is 22.5 Å². The molecule has 344 valence electrons. The van der Waals surface area contributed by atoms with Crippen LogP contribution in [0.2, 0.25) is 28.4 Å². The number of pyridine rings is 2. The molecule has 0 radical (unpaired) electrons. The van der Waals surface area contributed by atoms with Crippen LogP contribution in [0.4, 0.5) is 0 Å². The fourth-order valence-electron chi connectivity index (χ4n) is 7.56. The van der Waals surface area contributed by atoms with E-state index >= 15 is 0 Å². The van der Waals surface area contributed by atoms with Gasteiger partial charge in [0.2, 0.25) is 0 Å². The van der Waals surface area contributed by atoms with E-state index in [9.17, 15) is 0 Å². The van der Waals surface area contributed by atoms with Crippen LogP contribution in [-0.4, -0.2) is 41.6 Å². The van der Waals surface area contributed by atoms with Crippen molar-refractivity contribution in [3.05, 3.63) is 183 Å². The number of ether oxygens (including phenoxy) is 2. The second-order valence-corrected chi connectivity index (χ2v) is 30.5. The summed E-state index contributed by atoms with van der Waals surface area (Å²) in [6.07, 6.45) is 8.10. The molecule has 0 saturated carbocycles. The van der Waals surface area contributed by atoms with Crippen LogP contribution in [0.3, 0.4) is 0 Å². The summed E-state index contributed by atoms with van der Waals surface area (Å²) in [4.78, 5) is 9.33. The van der Waals surface area contributed by atoms with Gasteiger partial charge in [-0.2, -0.15) is 0 Å². The Morgan fingerprint density at radius 1 is 0.538 bits per heavy atom. The number of fused-ring (bicyclic) bond motifs is 2. The zero-order chi connectivity index (χ0) is 47.0. The van der Waals surface area contributed by atoms with Crippen LogP contribution in [0, 0.1) is 6.92 Å². The summed E-state index contributed by atoms with van der Waals surface area (Å²) in [5, 5.41) is 3.92. The number of benzene rings is 5. The van der Waals surface area contributed by atoms with E-state index < -0.39 is 18.4 Å². The minimum absolute atomic E-state index is 0. The Kier molecular flexibility index (Phi) is 23.5. The third-order valence-electron chi connectivity index (χ3n) is 11.1. The first-order chi connectivity index (χ1) is 31.5. The number of aryl methyl sites for hydroxylation is 1.